The molecule has 0 spiro atoms. The van der Waals surface area contributed by atoms with Crippen LogP contribution in [0.2, 0.25) is 0 Å². The van der Waals surface area contributed by atoms with Crippen molar-refractivity contribution >= 4 is 12.8 Å². The zero-order valence-electron chi connectivity index (χ0n) is 11.6. The summed E-state index contributed by atoms with van der Waals surface area (Å²) in [5, 5.41) is 0. The normalized spacial score (nSPS) is 23.9. The number of nitrogens with zero attached hydrogens (tertiary/aromatic N) is 1. The third-order valence-corrected chi connectivity index (χ3v) is 3.45. The number of nitrogens with two attached hydrogens (primary N) is 1. The van der Waals surface area contributed by atoms with Gasteiger partial charge in [-0.3, -0.25) is 4.99 Å². The zero-order valence-corrected chi connectivity index (χ0v) is 11.6. The van der Waals surface area contributed by atoms with E-state index < -0.39 is 30.2 Å². The molecule has 1 saturated heterocycles. The van der Waals surface area contributed by atoms with Gasteiger partial charge < -0.3 is 15.0 Å². The predicted octanol–water partition coefficient (Wildman–Crippen LogP) is 2.09. The van der Waals surface area contributed by atoms with Crippen LogP contribution in [0.25, 0.3) is 0 Å². The molecule has 1 heterocycles. The fourth-order valence-corrected chi connectivity index (χ4v) is 1.66. The van der Waals surface area contributed by atoms with E-state index in [9.17, 15) is 13.2 Å². The summed E-state index contributed by atoms with van der Waals surface area (Å²) in [6, 6.07) is 0. The summed E-state index contributed by atoms with van der Waals surface area (Å²) in [7, 11) is -0.132. The Kier molecular flexibility index (Phi) is 4.08. The van der Waals surface area contributed by atoms with E-state index in [0.29, 0.717) is 0 Å². The molecule has 0 aliphatic carbocycles. The van der Waals surface area contributed by atoms with Crippen molar-refractivity contribution in [3.8, 4) is 0 Å². The number of rotatable bonds is 2. The van der Waals surface area contributed by atoms with Crippen LogP contribution in [0.1, 0.15) is 27.7 Å². The molecule has 0 aromatic rings. The van der Waals surface area contributed by atoms with Crippen molar-refractivity contribution in [3.05, 3.63) is 11.7 Å². The van der Waals surface area contributed by atoms with E-state index in [4.69, 9.17) is 15.0 Å². The Morgan fingerprint density at radius 2 is 1.58 bits per heavy atom. The van der Waals surface area contributed by atoms with Crippen molar-refractivity contribution in [2.24, 2.45) is 10.7 Å². The van der Waals surface area contributed by atoms with Crippen molar-refractivity contribution in [2.75, 3.05) is 7.05 Å². The SMILES string of the molecule is CN=C(C(=CN)B1OC(C)(C)C(C)(C)O1)C(F)(F)F. The molecule has 0 unspecified atom stereocenters. The second-order valence-electron chi connectivity index (χ2n) is 5.28. The van der Waals surface area contributed by atoms with Gasteiger partial charge in [0, 0.05) is 12.5 Å². The van der Waals surface area contributed by atoms with Gasteiger partial charge in [0.05, 0.1) is 11.2 Å². The van der Waals surface area contributed by atoms with Gasteiger partial charge in [0.1, 0.15) is 5.71 Å². The summed E-state index contributed by atoms with van der Waals surface area (Å²) in [6.07, 6.45) is -3.78. The summed E-state index contributed by atoms with van der Waals surface area (Å²) in [4.78, 5) is 3.25. The number of alkyl halides is 3. The van der Waals surface area contributed by atoms with Gasteiger partial charge in [0.25, 0.3) is 0 Å². The maximum atomic E-state index is 12.9. The standard InChI is InChI=1S/C11H18BF3N2O2/c1-9(2)10(3,4)19-12(18-9)7(6-16)8(17-5)11(13,14)15/h6H,16H2,1-5H3. The molecule has 0 bridgehead atoms. The maximum Gasteiger partial charge on any atom is 0.498 e. The third-order valence-electron chi connectivity index (χ3n) is 3.45. The first-order valence-corrected chi connectivity index (χ1v) is 5.78. The van der Waals surface area contributed by atoms with E-state index in [0.717, 1.165) is 13.2 Å². The summed E-state index contributed by atoms with van der Waals surface area (Å²) in [6.45, 7) is 6.99. The van der Waals surface area contributed by atoms with Crippen molar-refractivity contribution in [2.45, 2.75) is 45.1 Å². The monoisotopic (exact) mass is 278 g/mol. The van der Waals surface area contributed by atoms with Gasteiger partial charge >= 0.3 is 13.3 Å². The molecule has 0 amide bonds. The molecule has 4 nitrogen and oxygen atoms in total. The smallest absolute Gasteiger partial charge is 0.405 e. The van der Waals surface area contributed by atoms with E-state index in [1.54, 1.807) is 27.7 Å². The highest BCUT2D eigenvalue weighted by atomic mass is 19.4. The molecule has 1 fully saturated rings. The van der Waals surface area contributed by atoms with Gasteiger partial charge in [-0.2, -0.15) is 13.2 Å². The van der Waals surface area contributed by atoms with Crippen molar-refractivity contribution < 1.29 is 22.5 Å². The first-order chi connectivity index (χ1) is 8.46. The van der Waals surface area contributed by atoms with Crippen LogP contribution in [0.15, 0.2) is 16.7 Å². The van der Waals surface area contributed by atoms with Gasteiger partial charge in [-0.15, -0.1) is 0 Å². The van der Waals surface area contributed by atoms with Gasteiger partial charge in [0.2, 0.25) is 0 Å². The fraction of sp³-hybridized carbons (Fsp3) is 0.727. The summed E-state index contributed by atoms with van der Waals surface area (Å²) in [5.41, 5.74) is 2.42. The molecule has 0 aromatic carbocycles. The Bertz CT molecular complexity index is 401. The van der Waals surface area contributed by atoms with Crippen LogP contribution in [0.5, 0.6) is 0 Å². The minimum Gasteiger partial charge on any atom is -0.405 e. The molecule has 19 heavy (non-hydrogen) atoms. The summed E-state index contributed by atoms with van der Waals surface area (Å²) in [5.74, 6) is 0. The molecule has 0 saturated carbocycles. The molecule has 1 aliphatic heterocycles. The highest BCUT2D eigenvalue weighted by molar-refractivity contribution is 6.63. The largest absolute Gasteiger partial charge is 0.498 e. The number of allylic oxidation sites excluding steroid dienone is 1. The molecule has 0 radical (unpaired) electrons. The van der Waals surface area contributed by atoms with Crippen LogP contribution in [0, 0.1) is 0 Å². The van der Waals surface area contributed by atoms with Gasteiger partial charge in [-0.25, -0.2) is 0 Å². The number of halogens is 3. The van der Waals surface area contributed by atoms with E-state index in [-0.39, 0.29) is 5.47 Å². The molecule has 1 rings (SSSR count). The quantitative estimate of drug-likeness (QED) is 0.621. The lowest BCUT2D eigenvalue weighted by molar-refractivity contribution is -0.0582. The first-order valence-electron chi connectivity index (χ1n) is 5.78. The third kappa shape index (κ3) is 2.95. The van der Waals surface area contributed by atoms with Crippen LogP contribution in [-0.4, -0.2) is 37.3 Å². The minimum atomic E-state index is -4.61. The van der Waals surface area contributed by atoms with Crippen LogP contribution >= 0.6 is 0 Å². The lowest BCUT2D eigenvalue weighted by Gasteiger charge is -2.32. The van der Waals surface area contributed by atoms with Crippen LogP contribution < -0.4 is 5.73 Å². The van der Waals surface area contributed by atoms with Crippen LogP contribution in [-0.2, 0) is 9.31 Å². The number of hydrogen-bond acceptors (Lipinski definition) is 4. The Morgan fingerprint density at radius 1 is 1.16 bits per heavy atom. The second kappa shape index (κ2) is 4.83. The highest BCUT2D eigenvalue weighted by Gasteiger charge is 2.55. The molecule has 0 atom stereocenters. The zero-order chi connectivity index (χ0) is 15.1. The predicted molar refractivity (Wildman–Crippen MR) is 67.8 cm³/mol. The topological polar surface area (TPSA) is 56.8 Å². The average molecular weight is 278 g/mol. The Hall–Kier alpha value is -1.02. The van der Waals surface area contributed by atoms with Crippen LogP contribution in [0.3, 0.4) is 0 Å². The van der Waals surface area contributed by atoms with Gasteiger partial charge in [-0.05, 0) is 33.9 Å². The lowest BCUT2D eigenvalue weighted by Crippen LogP contribution is -2.41. The van der Waals surface area contributed by atoms with Crippen LogP contribution in [0.4, 0.5) is 13.2 Å². The molecule has 8 heteroatoms. The van der Waals surface area contributed by atoms with E-state index in [1.807, 2.05) is 0 Å². The fourth-order valence-electron chi connectivity index (χ4n) is 1.66. The number of hydrogen-bond donors (Lipinski definition) is 1. The van der Waals surface area contributed by atoms with Gasteiger partial charge in [0.15, 0.2) is 0 Å². The maximum absolute atomic E-state index is 12.9. The molecular formula is C11H18BF3N2O2. The number of aliphatic imine (C=N–C) groups is 1. The minimum absolute atomic E-state index is 0.311. The summed E-state index contributed by atoms with van der Waals surface area (Å²) < 4.78 is 49.7. The van der Waals surface area contributed by atoms with E-state index in [1.165, 1.54) is 0 Å². The molecule has 2 N–H and O–H groups in total. The van der Waals surface area contributed by atoms with E-state index >= 15 is 0 Å². The highest BCUT2D eigenvalue weighted by Crippen LogP contribution is 2.39. The Morgan fingerprint density at radius 3 is 1.84 bits per heavy atom. The van der Waals surface area contributed by atoms with E-state index in [2.05, 4.69) is 4.99 Å². The van der Waals surface area contributed by atoms with Crippen molar-refractivity contribution in [3.63, 3.8) is 0 Å². The Labute approximate surface area is 111 Å². The molecular weight excluding hydrogens is 260 g/mol. The Balaban J connectivity index is 3.10. The molecule has 1 aliphatic rings. The average Bonchev–Trinajstić information content (AvgIpc) is 2.42. The summed E-state index contributed by atoms with van der Waals surface area (Å²) >= 11 is 0. The molecule has 108 valence electrons. The molecule has 0 aromatic heterocycles. The van der Waals surface area contributed by atoms with Crippen molar-refractivity contribution in [1.82, 2.24) is 0 Å². The van der Waals surface area contributed by atoms with Crippen molar-refractivity contribution in [1.29, 1.82) is 0 Å². The van der Waals surface area contributed by atoms with Gasteiger partial charge in [-0.1, -0.05) is 0 Å². The first kappa shape index (κ1) is 16.0. The second-order valence-corrected chi connectivity index (χ2v) is 5.28. The lowest BCUT2D eigenvalue weighted by atomic mass is 9.75.